The molecule has 0 aliphatic carbocycles. The fraction of sp³-hybridized carbons (Fsp3) is 0.684. The maximum absolute atomic E-state index is 12.7. The Bertz CT molecular complexity index is 486. The molecule has 2 nitrogen and oxygen atoms in total. The highest BCUT2D eigenvalue weighted by atomic mass is 19.4. The monoisotopic (exact) mass is 342 g/mol. The molecule has 1 aliphatic rings. The first-order valence-corrected chi connectivity index (χ1v) is 8.75. The van der Waals surface area contributed by atoms with E-state index in [-0.39, 0.29) is 18.1 Å². The second-order valence-corrected chi connectivity index (χ2v) is 7.71. The summed E-state index contributed by atoms with van der Waals surface area (Å²) in [5.41, 5.74) is 1.21. The van der Waals surface area contributed by atoms with Gasteiger partial charge in [0.2, 0.25) is 0 Å². The predicted octanol–water partition coefficient (Wildman–Crippen LogP) is 4.70. The molecule has 24 heavy (non-hydrogen) atoms. The van der Waals surface area contributed by atoms with Gasteiger partial charge in [-0.05, 0) is 39.2 Å². The molecular weight excluding hydrogens is 313 g/mol. The molecular formula is C19H29F3N2. The summed E-state index contributed by atoms with van der Waals surface area (Å²) in [7, 11) is 0. The van der Waals surface area contributed by atoms with Gasteiger partial charge < -0.3 is 0 Å². The Morgan fingerprint density at radius 2 is 1.62 bits per heavy atom. The number of hydrogen-bond donors (Lipinski definition) is 0. The molecule has 1 saturated heterocycles. The molecule has 0 bridgehead atoms. The standard InChI is InChI=1S/C19H29F3N2/c1-18(2,3)24-12-9-17(10-13-24)23(14-11-19(20,21)22)15-16-7-5-4-6-8-16/h4-8,17H,9-15H2,1-3H3. The Kier molecular flexibility index (Phi) is 6.32. The van der Waals surface area contributed by atoms with Crippen molar-refractivity contribution >= 4 is 0 Å². The number of halogens is 3. The molecule has 136 valence electrons. The first-order valence-electron chi connectivity index (χ1n) is 8.75. The van der Waals surface area contributed by atoms with Crippen LogP contribution in [0, 0.1) is 0 Å². The van der Waals surface area contributed by atoms with Crippen molar-refractivity contribution in [3.63, 3.8) is 0 Å². The average molecular weight is 342 g/mol. The molecule has 1 aromatic rings. The topological polar surface area (TPSA) is 6.48 Å². The minimum atomic E-state index is -4.10. The summed E-state index contributed by atoms with van der Waals surface area (Å²) in [6.07, 6.45) is -2.97. The summed E-state index contributed by atoms with van der Waals surface area (Å²) in [6.45, 7) is 9.16. The largest absolute Gasteiger partial charge is 0.390 e. The molecule has 1 aliphatic heterocycles. The van der Waals surface area contributed by atoms with Crippen LogP contribution in [0.25, 0.3) is 0 Å². The summed E-state index contributed by atoms with van der Waals surface area (Å²) < 4.78 is 38.1. The molecule has 1 fully saturated rings. The van der Waals surface area contributed by atoms with Crippen LogP contribution < -0.4 is 0 Å². The van der Waals surface area contributed by atoms with E-state index in [0.717, 1.165) is 31.5 Å². The lowest BCUT2D eigenvalue weighted by atomic mass is 9.96. The van der Waals surface area contributed by atoms with Gasteiger partial charge in [-0.25, -0.2) is 0 Å². The molecule has 0 unspecified atom stereocenters. The van der Waals surface area contributed by atoms with Crippen molar-refractivity contribution < 1.29 is 13.2 Å². The van der Waals surface area contributed by atoms with Gasteiger partial charge in [0.15, 0.2) is 0 Å². The molecule has 0 N–H and O–H groups in total. The van der Waals surface area contributed by atoms with E-state index in [9.17, 15) is 13.2 Å². The summed E-state index contributed by atoms with van der Waals surface area (Å²) in [4.78, 5) is 4.46. The van der Waals surface area contributed by atoms with Gasteiger partial charge in [-0.3, -0.25) is 9.80 Å². The Morgan fingerprint density at radius 1 is 1.04 bits per heavy atom. The first-order chi connectivity index (χ1) is 11.1. The van der Waals surface area contributed by atoms with Gasteiger partial charge in [-0.15, -0.1) is 0 Å². The highest BCUT2D eigenvalue weighted by Crippen LogP contribution is 2.26. The van der Waals surface area contributed by atoms with Crippen molar-refractivity contribution in [2.24, 2.45) is 0 Å². The van der Waals surface area contributed by atoms with Gasteiger partial charge in [-0.2, -0.15) is 13.2 Å². The molecule has 2 rings (SSSR count). The molecule has 1 heterocycles. The maximum atomic E-state index is 12.7. The lowest BCUT2D eigenvalue weighted by Gasteiger charge is -2.44. The van der Waals surface area contributed by atoms with Gasteiger partial charge in [-0.1, -0.05) is 30.3 Å². The molecule has 0 radical (unpaired) electrons. The Labute approximate surface area is 143 Å². The van der Waals surface area contributed by atoms with E-state index in [1.807, 2.05) is 35.2 Å². The van der Waals surface area contributed by atoms with Crippen molar-refractivity contribution in [3.8, 4) is 0 Å². The summed E-state index contributed by atoms with van der Waals surface area (Å²) in [6, 6.07) is 10.0. The van der Waals surface area contributed by atoms with E-state index >= 15 is 0 Å². The second-order valence-electron chi connectivity index (χ2n) is 7.71. The van der Waals surface area contributed by atoms with Crippen LogP contribution in [0.5, 0.6) is 0 Å². The maximum Gasteiger partial charge on any atom is 0.390 e. The smallest absolute Gasteiger partial charge is 0.298 e. The number of nitrogens with zero attached hydrogens (tertiary/aromatic N) is 2. The average Bonchev–Trinajstić information content (AvgIpc) is 2.51. The zero-order chi connectivity index (χ0) is 17.8. The van der Waals surface area contributed by atoms with E-state index in [1.165, 1.54) is 0 Å². The molecule has 0 saturated carbocycles. The third-order valence-electron chi connectivity index (χ3n) is 4.84. The van der Waals surface area contributed by atoms with Crippen LogP contribution in [0.15, 0.2) is 30.3 Å². The molecule has 0 atom stereocenters. The van der Waals surface area contributed by atoms with Gasteiger partial charge in [0.25, 0.3) is 0 Å². The minimum absolute atomic E-state index is 0.0819. The Morgan fingerprint density at radius 3 is 2.12 bits per heavy atom. The number of piperidine rings is 1. The van der Waals surface area contributed by atoms with Crippen molar-refractivity contribution in [1.29, 1.82) is 0 Å². The molecule has 0 amide bonds. The van der Waals surface area contributed by atoms with Crippen LogP contribution in [-0.4, -0.2) is 47.2 Å². The van der Waals surface area contributed by atoms with E-state index < -0.39 is 12.6 Å². The van der Waals surface area contributed by atoms with Gasteiger partial charge in [0.05, 0.1) is 6.42 Å². The molecule has 0 spiro atoms. The van der Waals surface area contributed by atoms with Crippen molar-refractivity contribution in [3.05, 3.63) is 35.9 Å². The molecule has 0 aromatic heterocycles. The van der Waals surface area contributed by atoms with Crippen molar-refractivity contribution in [2.45, 2.75) is 64.3 Å². The highest BCUT2D eigenvalue weighted by molar-refractivity contribution is 5.14. The third kappa shape index (κ3) is 6.10. The minimum Gasteiger partial charge on any atom is -0.298 e. The van der Waals surface area contributed by atoms with E-state index in [2.05, 4.69) is 25.7 Å². The van der Waals surface area contributed by atoms with Crippen LogP contribution in [-0.2, 0) is 6.54 Å². The number of likely N-dealkylation sites (tertiary alicyclic amines) is 1. The zero-order valence-corrected chi connectivity index (χ0v) is 14.9. The van der Waals surface area contributed by atoms with Crippen LogP contribution in [0.4, 0.5) is 13.2 Å². The fourth-order valence-electron chi connectivity index (χ4n) is 3.38. The lowest BCUT2D eigenvalue weighted by Crippen LogP contribution is -2.51. The number of rotatable bonds is 5. The zero-order valence-electron chi connectivity index (χ0n) is 14.9. The first kappa shape index (κ1) is 19.3. The van der Waals surface area contributed by atoms with Gasteiger partial charge in [0.1, 0.15) is 0 Å². The fourth-order valence-corrected chi connectivity index (χ4v) is 3.38. The lowest BCUT2D eigenvalue weighted by molar-refractivity contribution is -0.140. The summed E-state index contributed by atoms with van der Waals surface area (Å²) in [5, 5.41) is 0. The van der Waals surface area contributed by atoms with E-state index in [4.69, 9.17) is 0 Å². The predicted molar refractivity (Wildman–Crippen MR) is 91.9 cm³/mol. The normalized spacial score (nSPS) is 18.3. The Hall–Kier alpha value is -1.07. The van der Waals surface area contributed by atoms with Crippen LogP contribution in [0.3, 0.4) is 0 Å². The molecule has 1 aromatic carbocycles. The summed E-state index contributed by atoms with van der Waals surface area (Å²) >= 11 is 0. The van der Waals surface area contributed by atoms with Crippen LogP contribution in [0.1, 0.15) is 45.6 Å². The highest BCUT2D eigenvalue weighted by Gasteiger charge is 2.33. The SMILES string of the molecule is CC(C)(C)N1CCC(N(CCC(F)(F)F)Cc2ccccc2)CC1. The van der Waals surface area contributed by atoms with Crippen molar-refractivity contribution in [1.82, 2.24) is 9.80 Å². The number of hydrogen-bond acceptors (Lipinski definition) is 2. The second kappa shape index (κ2) is 7.87. The van der Waals surface area contributed by atoms with Crippen LogP contribution >= 0.6 is 0 Å². The van der Waals surface area contributed by atoms with Gasteiger partial charge >= 0.3 is 6.18 Å². The van der Waals surface area contributed by atoms with E-state index in [0.29, 0.717) is 6.54 Å². The van der Waals surface area contributed by atoms with Gasteiger partial charge in [0, 0.05) is 37.8 Å². The quantitative estimate of drug-likeness (QED) is 0.765. The summed E-state index contributed by atoms with van der Waals surface area (Å²) in [5.74, 6) is 0. The Balaban J connectivity index is 2.00. The molecule has 5 heteroatoms. The number of alkyl halides is 3. The van der Waals surface area contributed by atoms with Crippen molar-refractivity contribution in [2.75, 3.05) is 19.6 Å². The third-order valence-corrected chi connectivity index (χ3v) is 4.84. The number of benzene rings is 1. The van der Waals surface area contributed by atoms with E-state index in [1.54, 1.807) is 0 Å². The van der Waals surface area contributed by atoms with Crippen LogP contribution in [0.2, 0.25) is 0 Å².